The highest BCUT2D eigenvalue weighted by atomic mass is 79.9. The number of benzene rings is 1. The summed E-state index contributed by atoms with van der Waals surface area (Å²) in [5.74, 6) is 0. The van der Waals surface area contributed by atoms with Gasteiger partial charge in [-0.2, -0.15) is 0 Å². The number of thiazole rings is 1. The van der Waals surface area contributed by atoms with E-state index in [2.05, 4.69) is 38.4 Å². The average Bonchev–Trinajstić information content (AvgIpc) is 2.79. The maximum absolute atomic E-state index is 5.44. The summed E-state index contributed by atoms with van der Waals surface area (Å²) in [6.07, 6.45) is 0. The fourth-order valence-electron chi connectivity index (χ4n) is 1.42. The van der Waals surface area contributed by atoms with Crippen LogP contribution in [0.25, 0.3) is 11.3 Å². The molecule has 0 fully saturated rings. The second kappa shape index (κ2) is 4.88. The number of halogens is 1. The normalized spacial score (nSPS) is 11.8. The Hall–Kier alpha value is -0.710. The third-order valence-corrected chi connectivity index (χ3v) is 4.29. The minimum atomic E-state index is -0.324. The van der Waals surface area contributed by atoms with Gasteiger partial charge >= 0.3 is 0 Å². The lowest BCUT2D eigenvalue weighted by molar-refractivity contribution is 0.0191. The van der Waals surface area contributed by atoms with Gasteiger partial charge in [0.1, 0.15) is 10.6 Å². The zero-order valence-corrected chi connectivity index (χ0v) is 12.4. The number of rotatable bonds is 3. The fraction of sp³-hybridized carbons (Fsp3) is 0.308. The molecule has 4 heteroatoms. The van der Waals surface area contributed by atoms with Crippen molar-refractivity contribution >= 4 is 27.3 Å². The highest BCUT2D eigenvalue weighted by Gasteiger charge is 2.23. The van der Waals surface area contributed by atoms with Crippen LogP contribution in [0, 0.1) is 0 Å². The smallest absolute Gasteiger partial charge is 0.125 e. The summed E-state index contributed by atoms with van der Waals surface area (Å²) in [6, 6.07) is 8.15. The Bertz CT molecular complexity index is 522. The van der Waals surface area contributed by atoms with Crippen molar-refractivity contribution in [3.05, 3.63) is 39.1 Å². The molecule has 0 spiro atoms. The standard InChI is InChI=1S/C13H14BrNOS/c1-13(2,16-3)12-15-11(8-17-12)9-5-4-6-10(14)7-9/h4-8H,1-3H3. The Morgan fingerprint density at radius 2 is 2.12 bits per heavy atom. The van der Waals surface area contributed by atoms with Crippen molar-refractivity contribution in [1.82, 2.24) is 4.98 Å². The molecule has 0 amide bonds. The van der Waals surface area contributed by atoms with E-state index in [-0.39, 0.29) is 5.60 Å². The summed E-state index contributed by atoms with van der Waals surface area (Å²) >= 11 is 5.10. The summed E-state index contributed by atoms with van der Waals surface area (Å²) in [5, 5.41) is 3.06. The molecule has 0 aliphatic heterocycles. The van der Waals surface area contributed by atoms with Gasteiger partial charge in [-0.15, -0.1) is 11.3 Å². The largest absolute Gasteiger partial charge is 0.372 e. The summed E-state index contributed by atoms with van der Waals surface area (Å²) in [5.41, 5.74) is 1.79. The third-order valence-electron chi connectivity index (χ3n) is 2.65. The molecule has 0 aliphatic rings. The second-order valence-electron chi connectivity index (χ2n) is 4.26. The zero-order chi connectivity index (χ0) is 12.5. The summed E-state index contributed by atoms with van der Waals surface area (Å²) < 4.78 is 6.50. The number of nitrogens with zero attached hydrogens (tertiary/aromatic N) is 1. The molecule has 1 aromatic carbocycles. The minimum absolute atomic E-state index is 0.324. The van der Waals surface area contributed by atoms with Crippen LogP contribution in [-0.2, 0) is 10.3 Å². The lowest BCUT2D eigenvalue weighted by Gasteiger charge is -2.19. The number of hydrogen-bond acceptors (Lipinski definition) is 3. The first-order valence-electron chi connectivity index (χ1n) is 5.30. The minimum Gasteiger partial charge on any atom is -0.372 e. The maximum atomic E-state index is 5.44. The van der Waals surface area contributed by atoms with Crippen LogP contribution in [0.1, 0.15) is 18.9 Å². The van der Waals surface area contributed by atoms with E-state index in [1.165, 1.54) is 0 Å². The van der Waals surface area contributed by atoms with Crippen molar-refractivity contribution in [1.29, 1.82) is 0 Å². The van der Waals surface area contributed by atoms with Crippen LogP contribution in [0.5, 0.6) is 0 Å². The molecule has 0 saturated carbocycles. The summed E-state index contributed by atoms with van der Waals surface area (Å²) in [7, 11) is 1.71. The molecular weight excluding hydrogens is 298 g/mol. The molecule has 0 radical (unpaired) electrons. The molecule has 0 bridgehead atoms. The summed E-state index contributed by atoms with van der Waals surface area (Å²) in [4.78, 5) is 4.64. The van der Waals surface area contributed by atoms with E-state index >= 15 is 0 Å². The number of ether oxygens (including phenoxy) is 1. The van der Waals surface area contributed by atoms with Crippen LogP contribution in [0.4, 0.5) is 0 Å². The number of methoxy groups -OCH3 is 1. The van der Waals surface area contributed by atoms with Gasteiger partial charge in [0.25, 0.3) is 0 Å². The first-order chi connectivity index (χ1) is 8.03. The quantitative estimate of drug-likeness (QED) is 0.835. The van der Waals surface area contributed by atoms with Crippen LogP contribution >= 0.6 is 27.3 Å². The maximum Gasteiger partial charge on any atom is 0.125 e. The van der Waals surface area contributed by atoms with Crippen LogP contribution in [-0.4, -0.2) is 12.1 Å². The molecule has 1 aromatic heterocycles. The van der Waals surface area contributed by atoms with E-state index in [1.54, 1.807) is 18.4 Å². The van der Waals surface area contributed by atoms with E-state index < -0.39 is 0 Å². The van der Waals surface area contributed by atoms with E-state index in [0.717, 1.165) is 20.7 Å². The SMILES string of the molecule is COC(C)(C)c1nc(-c2cccc(Br)c2)cs1. The van der Waals surface area contributed by atoms with E-state index in [1.807, 2.05) is 26.0 Å². The molecule has 1 heterocycles. The molecule has 2 aromatic rings. The van der Waals surface area contributed by atoms with Crippen molar-refractivity contribution in [2.24, 2.45) is 0 Å². The van der Waals surface area contributed by atoms with E-state index in [0.29, 0.717) is 0 Å². The van der Waals surface area contributed by atoms with Gasteiger partial charge in [-0.05, 0) is 26.0 Å². The Kier molecular flexibility index (Phi) is 3.66. The monoisotopic (exact) mass is 311 g/mol. The van der Waals surface area contributed by atoms with Gasteiger partial charge < -0.3 is 4.74 Å². The molecule has 0 atom stereocenters. The topological polar surface area (TPSA) is 22.1 Å². The van der Waals surface area contributed by atoms with Gasteiger partial charge in [-0.1, -0.05) is 28.1 Å². The molecule has 0 N–H and O–H groups in total. The number of aromatic nitrogens is 1. The predicted octanol–water partition coefficient (Wildman–Crippen LogP) is 4.45. The predicted molar refractivity (Wildman–Crippen MR) is 75.3 cm³/mol. The molecule has 2 rings (SSSR count). The van der Waals surface area contributed by atoms with Crippen LogP contribution in [0.15, 0.2) is 34.1 Å². The lowest BCUT2D eigenvalue weighted by Crippen LogP contribution is -2.18. The van der Waals surface area contributed by atoms with Crippen molar-refractivity contribution in [3.63, 3.8) is 0 Å². The first kappa shape index (κ1) is 12.7. The second-order valence-corrected chi connectivity index (χ2v) is 6.04. The molecule has 17 heavy (non-hydrogen) atoms. The van der Waals surface area contributed by atoms with Crippen LogP contribution in [0.3, 0.4) is 0 Å². The summed E-state index contributed by atoms with van der Waals surface area (Å²) in [6.45, 7) is 4.05. The Morgan fingerprint density at radius 3 is 2.76 bits per heavy atom. The van der Waals surface area contributed by atoms with E-state index in [4.69, 9.17) is 4.74 Å². The van der Waals surface area contributed by atoms with Crippen LogP contribution in [0.2, 0.25) is 0 Å². The molecule has 0 unspecified atom stereocenters. The van der Waals surface area contributed by atoms with Gasteiger partial charge in [-0.25, -0.2) is 4.98 Å². The molecule has 2 nitrogen and oxygen atoms in total. The van der Waals surface area contributed by atoms with Gasteiger partial charge in [0.2, 0.25) is 0 Å². The lowest BCUT2D eigenvalue weighted by atomic mass is 10.1. The molecule has 0 aliphatic carbocycles. The zero-order valence-electron chi connectivity index (χ0n) is 10.0. The third kappa shape index (κ3) is 2.76. The highest BCUT2D eigenvalue weighted by molar-refractivity contribution is 9.10. The van der Waals surface area contributed by atoms with Gasteiger partial charge in [0.05, 0.1) is 5.69 Å². The molecule has 0 saturated heterocycles. The van der Waals surface area contributed by atoms with Crippen molar-refractivity contribution < 1.29 is 4.74 Å². The van der Waals surface area contributed by atoms with E-state index in [9.17, 15) is 0 Å². The Morgan fingerprint density at radius 1 is 1.35 bits per heavy atom. The number of hydrogen-bond donors (Lipinski definition) is 0. The average molecular weight is 312 g/mol. The molecular formula is C13H14BrNOS. The highest BCUT2D eigenvalue weighted by Crippen LogP contribution is 2.31. The Labute approximate surface area is 114 Å². The van der Waals surface area contributed by atoms with Gasteiger partial charge in [0.15, 0.2) is 0 Å². The first-order valence-corrected chi connectivity index (χ1v) is 6.97. The van der Waals surface area contributed by atoms with Crippen molar-refractivity contribution in [2.75, 3.05) is 7.11 Å². The molecule has 90 valence electrons. The van der Waals surface area contributed by atoms with Crippen LogP contribution < -0.4 is 0 Å². The van der Waals surface area contributed by atoms with Gasteiger partial charge in [0, 0.05) is 22.5 Å². The fourth-order valence-corrected chi connectivity index (χ4v) is 2.75. The van der Waals surface area contributed by atoms with Crippen molar-refractivity contribution in [2.45, 2.75) is 19.4 Å². The van der Waals surface area contributed by atoms with Gasteiger partial charge in [-0.3, -0.25) is 0 Å². The Balaban J connectivity index is 2.36. The van der Waals surface area contributed by atoms with Crippen molar-refractivity contribution in [3.8, 4) is 11.3 Å².